The summed E-state index contributed by atoms with van der Waals surface area (Å²) in [5.74, 6) is -1.17. The summed E-state index contributed by atoms with van der Waals surface area (Å²) in [5, 5.41) is 19.5. The molecule has 1 aromatic carbocycles. The molecule has 0 bridgehead atoms. The first-order chi connectivity index (χ1) is 12.9. The van der Waals surface area contributed by atoms with E-state index >= 15 is 0 Å². The Hall–Kier alpha value is -3.13. The molecule has 0 fully saturated rings. The van der Waals surface area contributed by atoms with E-state index in [4.69, 9.17) is 5.73 Å². The number of thiazole rings is 1. The molecule has 2 aromatic heterocycles. The van der Waals surface area contributed by atoms with Gasteiger partial charge in [0.1, 0.15) is 22.1 Å². The number of aromatic hydroxyl groups is 1. The van der Waals surface area contributed by atoms with E-state index < -0.39 is 5.97 Å². The molecule has 0 aliphatic rings. The van der Waals surface area contributed by atoms with Crippen LogP contribution in [0.5, 0.6) is 5.75 Å². The highest BCUT2D eigenvalue weighted by molar-refractivity contribution is 7.15. The van der Waals surface area contributed by atoms with Crippen molar-refractivity contribution >= 4 is 28.9 Å². The monoisotopic (exact) mass is 385 g/mol. The van der Waals surface area contributed by atoms with Gasteiger partial charge in [0.05, 0.1) is 5.56 Å². The summed E-state index contributed by atoms with van der Waals surface area (Å²) in [4.78, 5) is 29.3. The summed E-state index contributed by atoms with van der Waals surface area (Å²) >= 11 is 1.46. The van der Waals surface area contributed by atoms with Crippen molar-refractivity contribution in [2.24, 2.45) is 0 Å². The highest BCUT2D eigenvalue weighted by Crippen LogP contribution is 2.28. The first kappa shape index (κ1) is 18.7. The number of phenols is 1. The standard InChI is InChI=1S/C19H19N3O4S/c1-2-22-10-14(16(17(22)20)19(25)26)15(24)8-7-13-9-21-18(27-13)11-3-5-12(23)6-4-11/h3-6,9-10,23H,2,7-8,20H2,1H3,(H,25,26). The number of hydrogen-bond donors (Lipinski definition) is 3. The van der Waals surface area contributed by atoms with E-state index in [1.165, 1.54) is 17.5 Å². The summed E-state index contributed by atoms with van der Waals surface area (Å²) in [7, 11) is 0. The molecule has 0 amide bonds. The number of aromatic nitrogens is 2. The number of benzene rings is 1. The average Bonchev–Trinajstić information content (AvgIpc) is 3.24. The minimum atomic E-state index is -1.20. The smallest absolute Gasteiger partial charge is 0.340 e. The Morgan fingerprint density at radius 2 is 1.96 bits per heavy atom. The molecule has 0 saturated heterocycles. The second-order valence-corrected chi connectivity index (χ2v) is 7.11. The number of aryl methyl sites for hydroxylation is 2. The van der Waals surface area contributed by atoms with Crippen LogP contribution in [-0.4, -0.2) is 31.5 Å². The van der Waals surface area contributed by atoms with E-state index in [9.17, 15) is 19.8 Å². The molecule has 27 heavy (non-hydrogen) atoms. The molecule has 0 aliphatic heterocycles. The van der Waals surface area contributed by atoms with Gasteiger partial charge in [-0.2, -0.15) is 0 Å². The molecule has 0 saturated carbocycles. The molecular formula is C19H19N3O4S. The predicted octanol–water partition coefficient (Wildman–Crippen LogP) is 3.43. The Kier molecular flexibility index (Phi) is 5.27. The Labute approximate surface area is 159 Å². The van der Waals surface area contributed by atoms with E-state index in [-0.39, 0.29) is 34.9 Å². The van der Waals surface area contributed by atoms with Crippen molar-refractivity contribution in [2.75, 3.05) is 5.73 Å². The fourth-order valence-corrected chi connectivity index (χ4v) is 3.72. The number of carboxylic acid groups (broad SMARTS) is 1. The Morgan fingerprint density at radius 1 is 1.26 bits per heavy atom. The lowest BCUT2D eigenvalue weighted by molar-refractivity contribution is 0.0693. The van der Waals surface area contributed by atoms with E-state index in [1.807, 2.05) is 6.92 Å². The zero-order valence-corrected chi connectivity index (χ0v) is 15.5. The van der Waals surface area contributed by atoms with E-state index in [0.29, 0.717) is 13.0 Å². The lowest BCUT2D eigenvalue weighted by Gasteiger charge is -2.00. The zero-order chi connectivity index (χ0) is 19.6. The van der Waals surface area contributed by atoms with Crippen molar-refractivity contribution in [2.45, 2.75) is 26.3 Å². The van der Waals surface area contributed by atoms with Gasteiger partial charge in [-0.15, -0.1) is 11.3 Å². The van der Waals surface area contributed by atoms with Gasteiger partial charge in [0.25, 0.3) is 0 Å². The molecular weight excluding hydrogens is 366 g/mol. The maximum Gasteiger partial charge on any atom is 0.340 e. The molecule has 0 unspecified atom stereocenters. The number of phenolic OH excluding ortho intramolecular Hbond substituents is 1. The topological polar surface area (TPSA) is 118 Å². The summed E-state index contributed by atoms with van der Waals surface area (Å²) in [6.07, 6.45) is 3.86. The molecule has 0 atom stereocenters. The molecule has 2 heterocycles. The number of carbonyl (C=O) groups excluding carboxylic acids is 1. The molecule has 3 rings (SSSR count). The third-order valence-electron chi connectivity index (χ3n) is 4.24. The molecule has 7 nitrogen and oxygen atoms in total. The van der Waals surface area contributed by atoms with Gasteiger partial charge in [-0.3, -0.25) is 4.79 Å². The van der Waals surface area contributed by atoms with Crippen molar-refractivity contribution < 1.29 is 19.8 Å². The van der Waals surface area contributed by atoms with Crippen LogP contribution in [0.25, 0.3) is 10.6 Å². The van der Waals surface area contributed by atoms with Crippen molar-refractivity contribution in [1.29, 1.82) is 0 Å². The maximum absolute atomic E-state index is 12.6. The lowest BCUT2D eigenvalue weighted by Crippen LogP contribution is -2.09. The second-order valence-electron chi connectivity index (χ2n) is 6.00. The van der Waals surface area contributed by atoms with Crippen LogP contribution in [0.1, 0.15) is 38.9 Å². The molecule has 0 spiro atoms. The van der Waals surface area contributed by atoms with Gasteiger partial charge >= 0.3 is 5.97 Å². The molecule has 4 N–H and O–H groups in total. The van der Waals surface area contributed by atoms with E-state index in [2.05, 4.69) is 4.98 Å². The Bertz CT molecular complexity index is 989. The Morgan fingerprint density at radius 3 is 2.59 bits per heavy atom. The van der Waals surface area contributed by atoms with E-state index in [1.54, 1.807) is 35.0 Å². The van der Waals surface area contributed by atoms with E-state index in [0.717, 1.165) is 15.4 Å². The van der Waals surface area contributed by atoms with Gasteiger partial charge < -0.3 is 20.5 Å². The van der Waals surface area contributed by atoms with Crippen LogP contribution in [0.2, 0.25) is 0 Å². The van der Waals surface area contributed by atoms with Crippen LogP contribution >= 0.6 is 11.3 Å². The van der Waals surface area contributed by atoms with Gasteiger partial charge in [0.2, 0.25) is 0 Å². The Balaban J connectivity index is 1.73. The minimum absolute atomic E-state index is 0.0979. The number of carboxylic acids is 1. The van der Waals surface area contributed by atoms with Crippen molar-refractivity contribution in [3.8, 4) is 16.3 Å². The number of aromatic carboxylic acids is 1. The number of ketones is 1. The van der Waals surface area contributed by atoms with Gasteiger partial charge in [0.15, 0.2) is 5.78 Å². The SMILES string of the molecule is CCn1cc(C(=O)CCc2cnc(-c3ccc(O)cc3)s2)c(C(=O)O)c1N. The number of carbonyl (C=O) groups is 2. The molecule has 140 valence electrons. The average molecular weight is 385 g/mol. The molecule has 0 radical (unpaired) electrons. The number of hydrogen-bond acceptors (Lipinski definition) is 6. The van der Waals surface area contributed by atoms with Gasteiger partial charge in [-0.05, 0) is 37.6 Å². The van der Waals surface area contributed by atoms with Gasteiger partial charge in [0, 0.05) is 35.8 Å². The zero-order valence-electron chi connectivity index (χ0n) is 14.7. The fourth-order valence-electron chi connectivity index (χ4n) is 2.80. The van der Waals surface area contributed by atoms with Crippen LogP contribution < -0.4 is 5.73 Å². The summed E-state index contributed by atoms with van der Waals surface area (Å²) < 4.78 is 1.56. The minimum Gasteiger partial charge on any atom is -0.508 e. The normalized spacial score (nSPS) is 10.9. The lowest BCUT2D eigenvalue weighted by atomic mass is 10.0. The second kappa shape index (κ2) is 7.63. The summed E-state index contributed by atoms with van der Waals surface area (Å²) in [5.41, 5.74) is 6.74. The third kappa shape index (κ3) is 3.85. The summed E-state index contributed by atoms with van der Waals surface area (Å²) in [6, 6.07) is 6.74. The van der Waals surface area contributed by atoms with Crippen LogP contribution in [0.3, 0.4) is 0 Å². The number of anilines is 1. The number of nitrogen functional groups attached to an aromatic ring is 1. The van der Waals surface area contributed by atoms with Crippen molar-refractivity contribution in [3.63, 3.8) is 0 Å². The predicted molar refractivity (Wildman–Crippen MR) is 103 cm³/mol. The van der Waals surface area contributed by atoms with Crippen LogP contribution in [-0.2, 0) is 13.0 Å². The fraction of sp³-hybridized carbons (Fsp3) is 0.211. The van der Waals surface area contributed by atoms with Gasteiger partial charge in [-0.25, -0.2) is 9.78 Å². The van der Waals surface area contributed by atoms with Crippen LogP contribution in [0.15, 0.2) is 36.7 Å². The van der Waals surface area contributed by atoms with Gasteiger partial charge in [-0.1, -0.05) is 0 Å². The highest BCUT2D eigenvalue weighted by atomic mass is 32.1. The molecule has 3 aromatic rings. The first-order valence-electron chi connectivity index (χ1n) is 8.40. The molecule has 8 heteroatoms. The van der Waals surface area contributed by atoms with Crippen molar-refractivity contribution in [3.05, 3.63) is 52.7 Å². The first-order valence-corrected chi connectivity index (χ1v) is 9.21. The van der Waals surface area contributed by atoms with Crippen molar-refractivity contribution in [1.82, 2.24) is 9.55 Å². The quantitative estimate of drug-likeness (QED) is 0.536. The number of nitrogens with zero attached hydrogens (tertiary/aromatic N) is 2. The summed E-state index contributed by atoms with van der Waals surface area (Å²) in [6.45, 7) is 2.32. The molecule has 0 aliphatic carbocycles. The third-order valence-corrected chi connectivity index (χ3v) is 5.35. The maximum atomic E-state index is 12.6. The number of nitrogens with two attached hydrogens (primary N) is 1. The number of rotatable bonds is 7. The largest absolute Gasteiger partial charge is 0.508 e. The number of Topliss-reactive ketones (excluding diaryl/α,β-unsaturated/α-hetero) is 1. The van der Waals surface area contributed by atoms with Crippen LogP contribution in [0, 0.1) is 0 Å². The highest BCUT2D eigenvalue weighted by Gasteiger charge is 2.23. The van der Waals surface area contributed by atoms with Crippen LogP contribution in [0.4, 0.5) is 5.82 Å².